The molecule has 0 aliphatic carbocycles. The normalized spacial score (nSPS) is 22.7. The number of H-pyrrole nitrogens is 1. The zero-order valence-electron chi connectivity index (χ0n) is 17.8. The van der Waals surface area contributed by atoms with Crippen LogP contribution in [0.25, 0.3) is 11.0 Å². The highest BCUT2D eigenvalue weighted by Gasteiger charge is 2.27. The zero-order valence-corrected chi connectivity index (χ0v) is 17.8. The maximum absolute atomic E-state index is 4.84. The summed E-state index contributed by atoms with van der Waals surface area (Å²) in [5.41, 5.74) is 6.56. The highest BCUT2D eigenvalue weighted by Crippen LogP contribution is 2.38. The second kappa shape index (κ2) is 7.17. The van der Waals surface area contributed by atoms with Gasteiger partial charge < -0.3 is 15.2 Å². The van der Waals surface area contributed by atoms with Crippen molar-refractivity contribution in [1.29, 1.82) is 0 Å². The third kappa shape index (κ3) is 3.55. The Morgan fingerprint density at radius 3 is 2.55 bits per heavy atom. The van der Waals surface area contributed by atoms with Gasteiger partial charge in [0.05, 0.1) is 23.1 Å². The summed E-state index contributed by atoms with van der Waals surface area (Å²) in [4.78, 5) is 11.0. The van der Waals surface area contributed by atoms with Crippen LogP contribution in [0.5, 0.6) is 0 Å². The van der Waals surface area contributed by atoms with E-state index in [9.17, 15) is 0 Å². The lowest BCUT2D eigenvalue weighted by Gasteiger charge is -2.28. The Bertz CT molecular complexity index is 990. The molecule has 4 nitrogen and oxygen atoms in total. The van der Waals surface area contributed by atoms with E-state index < -0.39 is 0 Å². The number of hydrogen-bond donors (Lipinski definition) is 2. The van der Waals surface area contributed by atoms with Crippen molar-refractivity contribution in [2.45, 2.75) is 64.0 Å². The number of anilines is 1. The minimum absolute atomic E-state index is 0.195. The molecule has 0 spiro atoms. The highest BCUT2D eigenvalue weighted by molar-refractivity contribution is 5.76. The van der Waals surface area contributed by atoms with Crippen LogP contribution >= 0.6 is 0 Å². The molecule has 0 amide bonds. The van der Waals surface area contributed by atoms with Gasteiger partial charge in [-0.25, -0.2) is 4.98 Å². The Kier molecular flexibility index (Phi) is 4.62. The molecule has 0 saturated carbocycles. The number of rotatable bonds is 3. The number of hydrogen-bond acceptors (Lipinski definition) is 3. The quantitative estimate of drug-likeness (QED) is 0.611. The Labute approximate surface area is 173 Å². The van der Waals surface area contributed by atoms with Crippen LogP contribution in [-0.4, -0.2) is 23.1 Å². The first kappa shape index (κ1) is 18.7. The van der Waals surface area contributed by atoms with E-state index in [-0.39, 0.29) is 5.41 Å². The van der Waals surface area contributed by atoms with Gasteiger partial charge in [-0.3, -0.25) is 0 Å². The lowest BCUT2D eigenvalue weighted by Crippen LogP contribution is -2.22. The van der Waals surface area contributed by atoms with Gasteiger partial charge in [0.1, 0.15) is 5.82 Å². The molecule has 2 aliphatic rings. The van der Waals surface area contributed by atoms with Crippen molar-refractivity contribution in [2.75, 3.05) is 18.0 Å². The topological polar surface area (TPSA) is 44.0 Å². The first-order chi connectivity index (χ1) is 14.0. The summed E-state index contributed by atoms with van der Waals surface area (Å²) in [6, 6.07) is 16.8. The summed E-state index contributed by atoms with van der Waals surface area (Å²) >= 11 is 0. The van der Waals surface area contributed by atoms with Crippen molar-refractivity contribution < 1.29 is 0 Å². The van der Waals surface area contributed by atoms with Crippen molar-refractivity contribution in [2.24, 2.45) is 0 Å². The molecule has 2 atom stereocenters. The maximum Gasteiger partial charge on any atom is 0.124 e. The zero-order chi connectivity index (χ0) is 20.0. The molecule has 2 aromatic carbocycles. The second-order valence-electron chi connectivity index (χ2n) is 9.70. The molecule has 4 heteroatoms. The van der Waals surface area contributed by atoms with Crippen LogP contribution in [0.4, 0.5) is 5.69 Å². The molecule has 2 N–H and O–H groups in total. The van der Waals surface area contributed by atoms with E-state index in [4.69, 9.17) is 4.98 Å². The smallest absolute Gasteiger partial charge is 0.124 e. The molecule has 29 heavy (non-hydrogen) atoms. The highest BCUT2D eigenvalue weighted by atomic mass is 15.2. The first-order valence-electron chi connectivity index (χ1n) is 11.1. The van der Waals surface area contributed by atoms with Gasteiger partial charge in [-0.15, -0.1) is 0 Å². The number of nitrogens with one attached hydrogen (secondary N) is 2. The minimum Gasteiger partial charge on any atom is -0.364 e. The molecule has 3 aromatic rings. The number of aromatic nitrogens is 2. The maximum atomic E-state index is 4.84. The Balaban J connectivity index is 1.42. The van der Waals surface area contributed by atoms with Crippen molar-refractivity contribution in [3.63, 3.8) is 0 Å². The third-order valence-corrected chi connectivity index (χ3v) is 6.62. The van der Waals surface area contributed by atoms with E-state index in [1.54, 1.807) is 0 Å². The molecule has 0 radical (unpaired) electrons. The fraction of sp³-hybridized carbons (Fsp3) is 0.480. The molecular weight excluding hydrogens is 356 g/mol. The monoisotopic (exact) mass is 388 g/mol. The standard InChI is InChI=1S/C25H32N4/c1-25(2,3)18-9-11-19(12-10-18)29-15-5-7-23(29)17-8-13-20-22(16-17)28-24(27-20)21-6-4-14-26-21/h8-13,16,21,23,26H,4-7,14-15H2,1-3H3,(H,27,28). The van der Waals surface area contributed by atoms with E-state index in [0.717, 1.165) is 24.4 Å². The van der Waals surface area contributed by atoms with Gasteiger partial charge in [-0.1, -0.05) is 39.0 Å². The van der Waals surface area contributed by atoms with Crippen LogP contribution in [0.1, 0.15) is 75.5 Å². The van der Waals surface area contributed by atoms with Crippen LogP contribution in [0.3, 0.4) is 0 Å². The summed E-state index contributed by atoms with van der Waals surface area (Å²) in [5.74, 6) is 1.09. The predicted octanol–water partition coefficient (Wildman–Crippen LogP) is 5.63. The summed E-state index contributed by atoms with van der Waals surface area (Å²) in [5, 5.41) is 3.55. The van der Waals surface area contributed by atoms with Crippen molar-refractivity contribution in [3.8, 4) is 0 Å². The number of fused-ring (bicyclic) bond motifs is 1. The summed E-state index contributed by atoms with van der Waals surface area (Å²) < 4.78 is 0. The van der Waals surface area contributed by atoms with Gasteiger partial charge in [0.15, 0.2) is 0 Å². The summed E-state index contributed by atoms with van der Waals surface area (Å²) in [7, 11) is 0. The van der Waals surface area contributed by atoms with Gasteiger partial charge in [0.25, 0.3) is 0 Å². The van der Waals surface area contributed by atoms with Crippen molar-refractivity contribution in [1.82, 2.24) is 15.3 Å². The molecule has 2 saturated heterocycles. The lowest BCUT2D eigenvalue weighted by molar-refractivity contribution is 0.590. The predicted molar refractivity (Wildman–Crippen MR) is 121 cm³/mol. The minimum atomic E-state index is 0.195. The molecule has 3 heterocycles. The Morgan fingerprint density at radius 1 is 1.00 bits per heavy atom. The van der Waals surface area contributed by atoms with E-state index in [2.05, 4.69) is 78.4 Å². The SMILES string of the molecule is CC(C)(C)c1ccc(N2CCCC2c2ccc3nc(C4CCCN4)[nH]c3c2)cc1. The number of benzene rings is 2. The van der Waals surface area contributed by atoms with Crippen LogP contribution in [0.15, 0.2) is 42.5 Å². The lowest BCUT2D eigenvalue weighted by atomic mass is 9.87. The molecule has 152 valence electrons. The van der Waals surface area contributed by atoms with Gasteiger partial charge in [0.2, 0.25) is 0 Å². The first-order valence-corrected chi connectivity index (χ1v) is 11.1. The van der Waals surface area contributed by atoms with Crippen LogP contribution in [0.2, 0.25) is 0 Å². The second-order valence-corrected chi connectivity index (χ2v) is 9.70. The van der Waals surface area contributed by atoms with Crippen LogP contribution in [0, 0.1) is 0 Å². The number of nitrogens with zero attached hydrogens (tertiary/aromatic N) is 2. The van der Waals surface area contributed by atoms with E-state index in [0.29, 0.717) is 12.1 Å². The number of aromatic amines is 1. The fourth-order valence-corrected chi connectivity index (χ4v) is 4.91. The fourth-order valence-electron chi connectivity index (χ4n) is 4.91. The Morgan fingerprint density at radius 2 is 1.83 bits per heavy atom. The molecular formula is C25H32N4. The molecule has 5 rings (SSSR count). The summed E-state index contributed by atoms with van der Waals surface area (Å²) in [6.07, 6.45) is 4.85. The molecule has 2 aliphatic heterocycles. The number of imidazole rings is 1. The molecule has 0 bridgehead atoms. The third-order valence-electron chi connectivity index (χ3n) is 6.62. The largest absolute Gasteiger partial charge is 0.364 e. The van der Waals surface area contributed by atoms with Crippen LogP contribution in [-0.2, 0) is 5.41 Å². The van der Waals surface area contributed by atoms with Gasteiger partial charge in [-0.05, 0) is 73.0 Å². The summed E-state index contributed by atoms with van der Waals surface area (Å²) in [6.45, 7) is 9.04. The van der Waals surface area contributed by atoms with E-state index >= 15 is 0 Å². The Hall–Kier alpha value is -2.33. The van der Waals surface area contributed by atoms with Crippen LogP contribution < -0.4 is 10.2 Å². The van der Waals surface area contributed by atoms with E-state index in [1.165, 1.54) is 48.0 Å². The molecule has 1 aromatic heterocycles. The average Bonchev–Trinajstić information content (AvgIpc) is 3.46. The van der Waals surface area contributed by atoms with Gasteiger partial charge >= 0.3 is 0 Å². The van der Waals surface area contributed by atoms with Crippen molar-refractivity contribution >= 4 is 16.7 Å². The average molecular weight is 389 g/mol. The van der Waals surface area contributed by atoms with E-state index in [1.807, 2.05) is 0 Å². The molecule has 2 fully saturated rings. The van der Waals surface area contributed by atoms with Gasteiger partial charge in [0, 0.05) is 12.2 Å². The van der Waals surface area contributed by atoms with Crippen molar-refractivity contribution in [3.05, 3.63) is 59.4 Å². The van der Waals surface area contributed by atoms with Gasteiger partial charge in [-0.2, -0.15) is 0 Å². The molecule has 2 unspecified atom stereocenters.